The Bertz CT molecular complexity index is 1770. The lowest BCUT2D eigenvalue weighted by Crippen LogP contribution is -2.29. The van der Waals surface area contributed by atoms with Gasteiger partial charge in [-0.3, -0.25) is 14.5 Å². The molecule has 1 fully saturated rings. The second-order valence-corrected chi connectivity index (χ2v) is 10.8. The molecule has 0 aliphatic carbocycles. The summed E-state index contributed by atoms with van der Waals surface area (Å²) in [6.45, 7) is 11.3. The third kappa shape index (κ3) is 4.96. The van der Waals surface area contributed by atoms with Crippen LogP contribution in [0.2, 0.25) is 0 Å². The topological polar surface area (TPSA) is 123 Å². The van der Waals surface area contributed by atoms with Crippen LogP contribution in [0.3, 0.4) is 0 Å². The molecule has 216 valence electrons. The zero-order valence-corrected chi connectivity index (χ0v) is 24.5. The highest BCUT2D eigenvalue weighted by molar-refractivity contribution is 7.17. The maximum atomic E-state index is 13.7. The number of hydrogen-bond acceptors (Lipinski definition) is 9. The SMILES string of the molecule is C=CCOC(=O)c1sc(N2C(=O)C(=O)/C(=C(/O)c3nc4c(C)cccn4c3C)C2c2cccc(OCCC)c2)nc1C. The summed E-state index contributed by atoms with van der Waals surface area (Å²) in [5, 5.41) is 11.8. The standard InChI is InChI=1S/C31H30N4O6S/c1-6-14-40-21-12-8-11-20(16-21)24-22(25(36)23-19(5)34-13-9-10-17(3)28(34)33-23)26(37)29(38)35(24)31-32-18(4)27(42-31)30(39)41-15-7-2/h7-13,16,24,36H,2,6,14-15H2,1,3-5H3/b25-22+. The highest BCUT2D eigenvalue weighted by Crippen LogP contribution is 2.44. The maximum absolute atomic E-state index is 13.7. The first-order valence-electron chi connectivity index (χ1n) is 13.4. The Kier molecular flexibility index (Phi) is 7.95. The summed E-state index contributed by atoms with van der Waals surface area (Å²) >= 11 is 0.934. The van der Waals surface area contributed by atoms with Gasteiger partial charge < -0.3 is 19.0 Å². The molecule has 1 aliphatic heterocycles. The summed E-state index contributed by atoms with van der Waals surface area (Å²) in [7, 11) is 0. The molecule has 1 saturated heterocycles. The smallest absolute Gasteiger partial charge is 0.350 e. The average Bonchev–Trinajstić information content (AvgIpc) is 3.62. The monoisotopic (exact) mass is 586 g/mol. The van der Waals surface area contributed by atoms with Gasteiger partial charge >= 0.3 is 11.9 Å². The molecule has 4 heterocycles. The molecule has 4 aromatic rings. The second kappa shape index (κ2) is 11.6. The number of aromatic nitrogens is 3. The number of aliphatic hydroxyl groups is 1. The van der Waals surface area contributed by atoms with Crippen molar-refractivity contribution in [3.8, 4) is 5.75 Å². The highest BCUT2D eigenvalue weighted by atomic mass is 32.1. The fourth-order valence-corrected chi connectivity index (χ4v) is 5.88. The fraction of sp³-hybridized carbons (Fsp3) is 0.258. The van der Waals surface area contributed by atoms with E-state index in [1.54, 1.807) is 38.1 Å². The van der Waals surface area contributed by atoms with Crippen molar-refractivity contribution in [1.82, 2.24) is 14.4 Å². The van der Waals surface area contributed by atoms with Crippen molar-refractivity contribution in [2.45, 2.75) is 40.2 Å². The summed E-state index contributed by atoms with van der Waals surface area (Å²) < 4.78 is 12.8. The van der Waals surface area contributed by atoms with Gasteiger partial charge in [-0.05, 0) is 56.5 Å². The minimum absolute atomic E-state index is 0.0123. The molecule has 1 amide bonds. The van der Waals surface area contributed by atoms with E-state index in [-0.39, 0.29) is 27.9 Å². The van der Waals surface area contributed by atoms with Gasteiger partial charge in [0.05, 0.1) is 29.6 Å². The van der Waals surface area contributed by atoms with Crippen LogP contribution in [0.15, 0.2) is 60.8 Å². The molecule has 1 N–H and O–H groups in total. The number of carbonyl (C=O) groups is 3. The molecule has 11 heteroatoms. The van der Waals surface area contributed by atoms with E-state index >= 15 is 0 Å². The molecule has 1 atom stereocenters. The summed E-state index contributed by atoms with van der Waals surface area (Å²) in [6, 6.07) is 9.71. The normalized spacial score (nSPS) is 16.3. The Morgan fingerprint density at radius 2 is 1.95 bits per heavy atom. The number of imidazole rings is 1. The Hall–Kier alpha value is -4.77. The van der Waals surface area contributed by atoms with Crippen molar-refractivity contribution in [2.75, 3.05) is 18.1 Å². The van der Waals surface area contributed by atoms with Gasteiger partial charge in [-0.15, -0.1) is 0 Å². The lowest BCUT2D eigenvalue weighted by Gasteiger charge is -2.23. The van der Waals surface area contributed by atoms with E-state index in [0.29, 0.717) is 35.0 Å². The minimum Gasteiger partial charge on any atom is -0.505 e. The van der Waals surface area contributed by atoms with E-state index in [9.17, 15) is 19.5 Å². The molecule has 0 saturated carbocycles. The van der Waals surface area contributed by atoms with Crippen LogP contribution in [0.4, 0.5) is 5.13 Å². The highest BCUT2D eigenvalue weighted by Gasteiger charge is 2.49. The molecule has 0 spiro atoms. The molecular weight excluding hydrogens is 556 g/mol. The number of benzene rings is 1. The number of anilines is 1. The molecular formula is C31H30N4O6S. The second-order valence-electron chi connectivity index (χ2n) is 9.82. The predicted molar refractivity (Wildman–Crippen MR) is 159 cm³/mol. The third-order valence-corrected chi connectivity index (χ3v) is 8.05. The van der Waals surface area contributed by atoms with E-state index < -0.39 is 29.5 Å². The summed E-state index contributed by atoms with van der Waals surface area (Å²) in [6.07, 6.45) is 4.06. The van der Waals surface area contributed by atoms with E-state index in [4.69, 9.17) is 9.47 Å². The van der Waals surface area contributed by atoms with Crippen molar-refractivity contribution in [3.63, 3.8) is 0 Å². The number of ether oxygens (including phenoxy) is 2. The van der Waals surface area contributed by atoms with Crippen LogP contribution < -0.4 is 9.64 Å². The van der Waals surface area contributed by atoms with E-state index in [2.05, 4.69) is 16.5 Å². The number of rotatable bonds is 9. The molecule has 3 aromatic heterocycles. The summed E-state index contributed by atoms with van der Waals surface area (Å²) in [5.74, 6) is -2.26. The number of Topliss-reactive ketones (excluding diaryl/α,β-unsaturated/α-hetero) is 1. The van der Waals surface area contributed by atoms with Crippen LogP contribution in [-0.4, -0.2) is 50.3 Å². The Morgan fingerprint density at radius 3 is 2.67 bits per heavy atom. The van der Waals surface area contributed by atoms with Crippen LogP contribution in [0.5, 0.6) is 5.75 Å². The first-order chi connectivity index (χ1) is 20.2. The van der Waals surface area contributed by atoms with E-state index in [1.807, 2.05) is 36.6 Å². The molecule has 0 bridgehead atoms. The lowest BCUT2D eigenvalue weighted by atomic mass is 9.96. The molecule has 1 unspecified atom stereocenters. The van der Waals surface area contributed by atoms with Crippen molar-refractivity contribution in [2.24, 2.45) is 0 Å². The average molecular weight is 587 g/mol. The number of aliphatic hydroxyl groups excluding tert-OH is 1. The number of ketones is 1. The van der Waals surface area contributed by atoms with E-state index in [0.717, 1.165) is 23.3 Å². The predicted octanol–water partition coefficient (Wildman–Crippen LogP) is 5.47. The summed E-state index contributed by atoms with van der Waals surface area (Å²) in [5.41, 5.74) is 3.02. The third-order valence-electron chi connectivity index (χ3n) is 6.91. The molecule has 10 nitrogen and oxygen atoms in total. The number of amides is 1. The molecule has 0 radical (unpaired) electrons. The van der Waals surface area contributed by atoms with Crippen molar-refractivity contribution >= 4 is 45.5 Å². The number of pyridine rings is 1. The van der Waals surface area contributed by atoms with Gasteiger partial charge in [-0.1, -0.05) is 49.1 Å². The number of esters is 1. The van der Waals surface area contributed by atoms with Crippen molar-refractivity contribution < 1.29 is 29.0 Å². The van der Waals surface area contributed by atoms with Crippen molar-refractivity contribution in [1.29, 1.82) is 0 Å². The maximum Gasteiger partial charge on any atom is 0.350 e. The Labute approximate surface area is 246 Å². The van der Waals surface area contributed by atoms with Crippen LogP contribution in [0.25, 0.3) is 11.4 Å². The molecule has 1 aromatic carbocycles. The first kappa shape index (κ1) is 28.7. The zero-order chi connectivity index (χ0) is 30.1. The zero-order valence-electron chi connectivity index (χ0n) is 23.7. The van der Waals surface area contributed by atoms with E-state index in [1.165, 1.54) is 11.0 Å². The van der Waals surface area contributed by atoms with Gasteiger partial charge in [0.2, 0.25) is 0 Å². The van der Waals surface area contributed by atoms with Crippen LogP contribution in [0.1, 0.15) is 57.3 Å². The van der Waals surface area contributed by atoms with Gasteiger partial charge in [0, 0.05) is 6.20 Å². The Balaban J connectivity index is 1.71. The fourth-order valence-electron chi connectivity index (χ4n) is 4.89. The first-order valence-corrected chi connectivity index (χ1v) is 14.2. The Morgan fingerprint density at radius 1 is 1.17 bits per heavy atom. The van der Waals surface area contributed by atoms with Crippen LogP contribution in [-0.2, 0) is 14.3 Å². The quantitative estimate of drug-likeness (QED) is 0.0900. The van der Waals surface area contributed by atoms with Gasteiger partial charge in [0.15, 0.2) is 10.9 Å². The number of nitrogens with zero attached hydrogens (tertiary/aromatic N) is 4. The van der Waals surface area contributed by atoms with Crippen molar-refractivity contribution in [3.05, 3.63) is 93.9 Å². The lowest BCUT2D eigenvalue weighted by molar-refractivity contribution is -0.132. The number of hydrogen-bond donors (Lipinski definition) is 1. The summed E-state index contributed by atoms with van der Waals surface area (Å²) in [4.78, 5) is 50.6. The van der Waals surface area contributed by atoms with Crippen LogP contribution in [0, 0.1) is 20.8 Å². The molecule has 1 aliphatic rings. The minimum atomic E-state index is -1.07. The molecule has 5 rings (SSSR count). The molecule has 42 heavy (non-hydrogen) atoms. The van der Waals surface area contributed by atoms with Gasteiger partial charge in [-0.25, -0.2) is 14.8 Å². The number of thiazole rings is 1. The van der Waals surface area contributed by atoms with Crippen LogP contribution >= 0.6 is 11.3 Å². The number of carbonyl (C=O) groups excluding carboxylic acids is 3. The van der Waals surface area contributed by atoms with Gasteiger partial charge in [0.1, 0.15) is 28.6 Å². The number of aryl methyl sites for hydroxylation is 3. The van der Waals surface area contributed by atoms with Gasteiger partial charge in [-0.2, -0.15) is 0 Å². The largest absolute Gasteiger partial charge is 0.505 e. The van der Waals surface area contributed by atoms with Gasteiger partial charge in [0.25, 0.3) is 5.78 Å². The number of fused-ring (bicyclic) bond motifs is 1.